The molecule has 0 aliphatic carbocycles. The van der Waals surface area contributed by atoms with Crippen LogP contribution >= 0.6 is 0 Å². The number of aliphatic hydroxyl groups excluding tert-OH is 1. The molecule has 10 nitrogen and oxygen atoms in total. The topological polar surface area (TPSA) is 149 Å². The van der Waals surface area contributed by atoms with E-state index in [1.54, 1.807) is 23.6 Å². The predicted molar refractivity (Wildman–Crippen MR) is 123 cm³/mol. The van der Waals surface area contributed by atoms with Crippen LogP contribution in [0.15, 0.2) is 29.1 Å². The highest BCUT2D eigenvalue weighted by Gasteiger charge is 2.44. The van der Waals surface area contributed by atoms with Crippen molar-refractivity contribution in [1.82, 2.24) is 15.0 Å². The molecular weight excluding hydrogens is 440 g/mol. The molecular formula is C24H26N4O6. The minimum atomic E-state index is -1.67. The molecule has 2 aliphatic rings. The summed E-state index contributed by atoms with van der Waals surface area (Å²) in [7, 11) is 0. The summed E-state index contributed by atoms with van der Waals surface area (Å²) in [6.45, 7) is 3.83. The molecule has 2 aromatic heterocycles. The first kappa shape index (κ1) is 22.5. The average molecular weight is 466 g/mol. The van der Waals surface area contributed by atoms with E-state index >= 15 is 0 Å². The van der Waals surface area contributed by atoms with Crippen molar-refractivity contribution in [2.24, 2.45) is 5.84 Å². The first-order valence-electron chi connectivity index (χ1n) is 11.2. The highest BCUT2D eigenvalue weighted by atomic mass is 16.6. The number of amides is 1. The largest absolute Gasteiger partial charge is 0.484 e. The molecule has 1 unspecified atom stereocenters. The van der Waals surface area contributed by atoms with Crippen LogP contribution < -0.4 is 21.6 Å². The van der Waals surface area contributed by atoms with Crippen molar-refractivity contribution in [1.29, 1.82) is 0 Å². The van der Waals surface area contributed by atoms with Gasteiger partial charge in [0.2, 0.25) is 0 Å². The fourth-order valence-corrected chi connectivity index (χ4v) is 4.94. The third-order valence-corrected chi connectivity index (χ3v) is 6.82. The van der Waals surface area contributed by atoms with Crippen molar-refractivity contribution < 1.29 is 24.5 Å². The lowest BCUT2D eigenvalue weighted by molar-refractivity contribution is -0.236. The number of ether oxygens (including phenoxy) is 2. The van der Waals surface area contributed by atoms with E-state index in [4.69, 9.17) is 20.3 Å². The normalized spacial score (nSPS) is 20.6. The number of nitrogens with one attached hydrogen (secondary N) is 1. The fraction of sp³-hybridized carbons (Fsp3) is 0.375. The van der Waals surface area contributed by atoms with Crippen LogP contribution in [0.1, 0.15) is 42.5 Å². The molecule has 0 saturated carbocycles. The summed E-state index contributed by atoms with van der Waals surface area (Å²) in [5, 5.41) is 22.3. The molecule has 2 aliphatic heterocycles. The number of carbonyl (C=O) groups excluding carboxylic acids is 1. The first-order valence-corrected chi connectivity index (χ1v) is 11.2. The Bertz CT molecular complexity index is 1380. The number of rotatable bonds is 5. The van der Waals surface area contributed by atoms with Gasteiger partial charge in [0.05, 0.1) is 30.1 Å². The van der Waals surface area contributed by atoms with Gasteiger partial charge in [-0.2, -0.15) is 0 Å². The Kier molecular flexibility index (Phi) is 5.40. The minimum absolute atomic E-state index is 0.0681. The number of hydrogen-bond acceptors (Lipinski definition) is 8. The van der Waals surface area contributed by atoms with Gasteiger partial charge in [0.15, 0.2) is 12.9 Å². The highest BCUT2D eigenvalue weighted by Crippen LogP contribution is 2.41. The zero-order valence-electron chi connectivity index (χ0n) is 18.9. The summed E-state index contributed by atoms with van der Waals surface area (Å²) in [5.41, 5.74) is 4.80. The maximum absolute atomic E-state index is 13.4. The number of aryl methyl sites for hydroxylation is 1. The molecule has 2 atom stereocenters. The Morgan fingerprint density at radius 3 is 2.85 bits per heavy atom. The molecule has 3 aromatic rings. The van der Waals surface area contributed by atoms with Crippen molar-refractivity contribution >= 4 is 16.8 Å². The maximum atomic E-state index is 13.4. The van der Waals surface area contributed by atoms with Crippen LogP contribution in [-0.4, -0.2) is 38.6 Å². The monoisotopic (exact) mass is 466 g/mol. The summed E-state index contributed by atoms with van der Waals surface area (Å²) in [6.07, 6.45) is -0.534. The second-order valence-electron chi connectivity index (χ2n) is 8.56. The van der Waals surface area contributed by atoms with E-state index in [0.717, 1.165) is 22.0 Å². The quantitative estimate of drug-likeness (QED) is 0.192. The van der Waals surface area contributed by atoms with Gasteiger partial charge in [0.1, 0.15) is 11.4 Å². The Morgan fingerprint density at radius 1 is 1.35 bits per heavy atom. The van der Waals surface area contributed by atoms with Gasteiger partial charge in [-0.15, -0.1) is 0 Å². The minimum Gasteiger partial charge on any atom is -0.484 e. The lowest BCUT2D eigenvalue weighted by Gasteiger charge is -2.37. The number of nitrogens with zero attached hydrogens (tertiary/aromatic N) is 2. The molecule has 0 radical (unpaired) electrons. The number of hydrogen-bond donors (Lipinski definition) is 4. The SMILES string of the molecule is CCc1c2c(nc3ccc(OCC(=O)NN)cc13)-c1cc3c(c(=O)n1C2)COC(O)[C@]3(O)CC. The third kappa shape index (κ3) is 3.22. The number of aliphatic hydroxyl groups is 2. The molecule has 5 N–H and O–H groups in total. The van der Waals surface area contributed by atoms with Gasteiger partial charge >= 0.3 is 0 Å². The molecule has 34 heavy (non-hydrogen) atoms. The molecule has 178 valence electrons. The van der Waals surface area contributed by atoms with E-state index in [0.29, 0.717) is 41.2 Å². The second-order valence-corrected chi connectivity index (χ2v) is 8.56. The first-order chi connectivity index (χ1) is 16.3. The third-order valence-electron chi connectivity index (χ3n) is 6.82. The fourth-order valence-electron chi connectivity index (χ4n) is 4.94. The highest BCUT2D eigenvalue weighted by molar-refractivity contribution is 5.89. The molecule has 10 heteroatoms. The van der Waals surface area contributed by atoms with Crippen molar-refractivity contribution in [3.05, 3.63) is 56.9 Å². The molecule has 1 aromatic carbocycles. The number of aromatic nitrogens is 2. The van der Waals surface area contributed by atoms with E-state index in [-0.39, 0.29) is 25.2 Å². The van der Waals surface area contributed by atoms with E-state index in [2.05, 4.69) is 0 Å². The molecule has 0 saturated heterocycles. The van der Waals surface area contributed by atoms with Gasteiger partial charge in [-0.25, -0.2) is 10.8 Å². The van der Waals surface area contributed by atoms with Crippen LogP contribution in [-0.2, 0) is 34.7 Å². The molecule has 4 heterocycles. The van der Waals surface area contributed by atoms with E-state index < -0.39 is 17.8 Å². The zero-order chi connectivity index (χ0) is 24.2. The number of nitrogens with two attached hydrogens (primary N) is 1. The molecule has 1 amide bonds. The number of fused-ring (bicyclic) bond motifs is 5. The van der Waals surface area contributed by atoms with Crippen LogP contribution in [0.5, 0.6) is 5.75 Å². The maximum Gasteiger partial charge on any atom is 0.271 e. The molecule has 0 bridgehead atoms. The Labute approximate surface area is 194 Å². The van der Waals surface area contributed by atoms with Crippen molar-refractivity contribution in [2.45, 2.75) is 51.7 Å². The summed E-state index contributed by atoms with van der Waals surface area (Å²) >= 11 is 0. The van der Waals surface area contributed by atoms with Gasteiger partial charge in [0.25, 0.3) is 11.5 Å². The van der Waals surface area contributed by atoms with E-state index in [1.807, 2.05) is 24.5 Å². The Morgan fingerprint density at radius 2 is 2.15 bits per heavy atom. The van der Waals surface area contributed by atoms with Gasteiger partial charge < -0.3 is 24.3 Å². The van der Waals surface area contributed by atoms with Gasteiger partial charge in [-0.3, -0.25) is 15.0 Å². The molecule has 5 rings (SSSR count). The summed E-state index contributed by atoms with van der Waals surface area (Å²) in [5.74, 6) is 5.18. The van der Waals surface area contributed by atoms with Crippen molar-refractivity contribution in [3.63, 3.8) is 0 Å². The number of pyridine rings is 2. The smallest absolute Gasteiger partial charge is 0.271 e. The Hall–Kier alpha value is -3.31. The van der Waals surface area contributed by atoms with Crippen LogP contribution in [0.2, 0.25) is 0 Å². The van der Waals surface area contributed by atoms with Crippen LogP contribution in [0.25, 0.3) is 22.3 Å². The summed E-state index contributed by atoms with van der Waals surface area (Å²) < 4.78 is 12.5. The van der Waals surface area contributed by atoms with Gasteiger partial charge in [-0.1, -0.05) is 13.8 Å². The Balaban J connectivity index is 1.67. The van der Waals surface area contributed by atoms with Gasteiger partial charge in [0, 0.05) is 22.1 Å². The number of carbonyl (C=O) groups is 1. The molecule has 0 fully saturated rings. The second kappa shape index (κ2) is 8.17. The summed E-state index contributed by atoms with van der Waals surface area (Å²) in [6, 6.07) is 7.13. The molecule has 0 spiro atoms. The van der Waals surface area contributed by atoms with Crippen molar-refractivity contribution in [3.8, 4) is 17.1 Å². The van der Waals surface area contributed by atoms with E-state index in [9.17, 15) is 19.8 Å². The van der Waals surface area contributed by atoms with E-state index in [1.165, 1.54) is 0 Å². The lowest BCUT2D eigenvalue weighted by Crippen LogP contribution is -2.47. The van der Waals surface area contributed by atoms with Crippen LogP contribution in [0.4, 0.5) is 0 Å². The predicted octanol–water partition coefficient (Wildman–Crippen LogP) is 0.802. The summed E-state index contributed by atoms with van der Waals surface area (Å²) in [4.78, 5) is 29.7. The van der Waals surface area contributed by atoms with Crippen molar-refractivity contribution in [2.75, 3.05) is 6.61 Å². The zero-order valence-corrected chi connectivity index (χ0v) is 18.9. The standard InChI is InChI=1S/C24H26N4O6/c1-3-13-14-7-12(33-11-20(29)27-25)5-6-18(14)26-21-15(13)9-28-19(21)8-17-16(22(28)30)10-34-23(31)24(17,32)4-2/h5-8,23,31-32H,3-4,9-11,25H2,1-2H3,(H,27,29)/t23?,24-/m0/s1. The van der Waals surface area contributed by atoms with Crippen LogP contribution in [0.3, 0.4) is 0 Å². The van der Waals surface area contributed by atoms with Gasteiger partial charge in [-0.05, 0) is 42.7 Å². The van der Waals surface area contributed by atoms with Crippen LogP contribution in [0, 0.1) is 0 Å². The average Bonchev–Trinajstić information content (AvgIpc) is 3.22. The number of hydrazine groups is 1. The lowest BCUT2D eigenvalue weighted by atomic mass is 9.85. The number of benzene rings is 1.